The molecule has 1 amide bonds. The molecule has 1 fully saturated rings. The zero-order chi connectivity index (χ0) is 11.3. The molecule has 4 heteroatoms. The minimum atomic E-state index is -0.789. The highest BCUT2D eigenvalue weighted by Crippen LogP contribution is 2.51. The van der Waals surface area contributed by atoms with Crippen molar-refractivity contribution in [3.63, 3.8) is 0 Å². The second kappa shape index (κ2) is 2.83. The van der Waals surface area contributed by atoms with E-state index in [9.17, 15) is 4.79 Å². The van der Waals surface area contributed by atoms with E-state index in [1.54, 1.807) is 13.8 Å². The summed E-state index contributed by atoms with van der Waals surface area (Å²) in [6.45, 7) is 4.25. The third-order valence-corrected chi connectivity index (χ3v) is 3.20. The van der Waals surface area contributed by atoms with Crippen LogP contribution >= 0.6 is 0 Å². The largest absolute Gasteiger partial charge is 0.336 e. The molecule has 2 rings (SSSR count). The van der Waals surface area contributed by atoms with Gasteiger partial charge in [-0.2, -0.15) is 5.26 Å². The molecule has 80 valence electrons. The van der Waals surface area contributed by atoms with Gasteiger partial charge in [-0.15, -0.1) is 0 Å². The molecule has 0 saturated heterocycles. The number of nitrogens with zero attached hydrogens (tertiary/aromatic N) is 2. The van der Waals surface area contributed by atoms with Crippen molar-refractivity contribution in [3.8, 4) is 6.07 Å². The van der Waals surface area contributed by atoms with Crippen molar-refractivity contribution in [1.29, 1.82) is 5.26 Å². The average Bonchev–Trinajstić information content (AvgIpc) is 2.82. The molecule has 0 aromatic heterocycles. The Morgan fingerprint density at radius 2 is 2.40 bits per heavy atom. The van der Waals surface area contributed by atoms with Gasteiger partial charge in [0.25, 0.3) is 0 Å². The summed E-state index contributed by atoms with van der Waals surface area (Å²) in [5, 5.41) is 11.6. The van der Waals surface area contributed by atoms with Crippen molar-refractivity contribution in [1.82, 2.24) is 10.2 Å². The van der Waals surface area contributed by atoms with E-state index in [1.807, 2.05) is 11.9 Å². The topological polar surface area (TPSA) is 56.1 Å². The first-order valence-electron chi connectivity index (χ1n) is 5.07. The summed E-state index contributed by atoms with van der Waals surface area (Å²) < 4.78 is 0. The Balaban J connectivity index is 2.12. The van der Waals surface area contributed by atoms with Crippen molar-refractivity contribution in [2.45, 2.75) is 31.3 Å². The van der Waals surface area contributed by atoms with Gasteiger partial charge < -0.3 is 5.32 Å². The van der Waals surface area contributed by atoms with E-state index in [2.05, 4.69) is 17.5 Å². The van der Waals surface area contributed by atoms with Gasteiger partial charge in [0, 0.05) is 13.0 Å². The lowest BCUT2D eigenvalue weighted by atomic mass is 10.1. The monoisotopic (exact) mass is 205 g/mol. The Hall–Kier alpha value is -1.34. The predicted octanol–water partition coefficient (Wildman–Crippen LogP) is 0.419. The van der Waals surface area contributed by atoms with Crippen LogP contribution < -0.4 is 5.32 Å². The fourth-order valence-corrected chi connectivity index (χ4v) is 2.07. The lowest BCUT2D eigenvalue weighted by molar-refractivity contribution is -0.127. The molecule has 1 N–H and O–H groups in total. The maximum Gasteiger partial charge on any atom is 0.246 e. The molecule has 0 radical (unpaired) electrons. The molecule has 1 saturated carbocycles. The summed E-state index contributed by atoms with van der Waals surface area (Å²) in [5.74, 6) is -0.0414. The molecule has 0 aromatic rings. The molecule has 0 bridgehead atoms. The highest BCUT2D eigenvalue weighted by atomic mass is 16.2. The van der Waals surface area contributed by atoms with Gasteiger partial charge in [-0.3, -0.25) is 9.69 Å². The molecule has 4 nitrogen and oxygen atoms in total. The van der Waals surface area contributed by atoms with Gasteiger partial charge in [0.1, 0.15) is 11.1 Å². The zero-order valence-electron chi connectivity index (χ0n) is 9.29. The molecule has 0 spiro atoms. The van der Waals surface area contributed by atoms with Crippen LogP contribution in [0.1, 0.15) is 20.3 Å². The average molecular weight is 205 g/mol. The Bertz CT molecular complexity index is 391. The molecule has 15 heavy (non-hydrogen) atoms. The quantitative estimate of drug-likeness (QED) is 0.665. The fourth-order valence-electron chi connectivity index (χ4n) is 2.07. The first-order valence-corrected chi connectivity index (χ1v) is 5.07. The van der Waals surface area contributed by atoms with E-state index in [4.69, 9.17) is 5.26 Å². The third kappa shape index (κ3) is 1.35. The Morgan fingerprint density at radius 3 is 2.80 bits per heavy atom. The minimum Gasteiger partial charge on any atom is -0.336 e. The number of hydrogen-bond acceptors (Lipinski definition) is 3. The van der Waals surface area contributed by atoms with Crippen LogP contribution in [0.5, 0.6) is 0 Å². The van der Waals surface area contributed by atoms with E-state index >= 15 is 0 Å². The molecule has 1 aliphatic carbocycles. The highest BCUT2D eigenvalue weighted by Gasteiger charge is 2.61. The molecular weight excluding hydrogens is 190 g/mol. The Labute approximate surface area is 89.6 Å². The van der Waals surface area contributed by atoms with E-state index in [0.717, 1.165) is 13.0 Å². The first-order chi connectivity index (χ1) is 6.92. The van der Waals surface area contributed by atoms with Crippen molar-refractivity contribution >= 4 is 5.91 Å². The smallest absolute Gasteiger partial charge is 0.246 e. The van der Waals surface area contributed by atoms with Gasteiger partial charge in [-0.1, -0.05) is 6.08 Å². The van der Waals surface area contributed by atoms with E-state index < -0.39 is 11.1 Å². The summed E-state index contributed by atoms with van der Waals surface area (Å²) in [4.78, 5) is 14.1. The number of likely N-dealkylation sites (N-methyl/N-ethyl adjacent to an activating group) is 1. The number of nitrogens with one attached hydrogen (secondary N) is 1. The zero-order valence-corrected chi connectivity index (χ0v) is 9.29. The Morgan fingerprint density at radius 1 is 1.73 bits per heavy atom. The number of carbonyl (C=O) groups is 1. The van der Waals surface area contributed by atoms with E-state index in [0.29, 0.717) is 0 Å². The SMILES string of the molecule is CN1CC=C2CC21C(=O)NC(C)(C)C#N. The molecule has 2 aliphatic rings. The molecule has 1 aliphatic heterocycles. The maximum atomic E-state index is 12.0. The second-order valence-electron chi connectivity index (χ2n) is 4.84. The summed E-state index contributed by atoms with van der Waals surface area (Å²) in [6.07, 6.45) is 2.91. The van der Waals surface area contributed by atoms with Crippen LogP contribution in [0.25, 0.3) is 0 Å². The number of amides is 1. The summed E-state index contributed by atoms with van der Waals surface area (Å²) in [7, 11) is 1.94. The van der Waals surface area contributed by atoms with Gasteiger partial charge in [0.05, 0.1) is 6.07 Å². The standard InChI is InChI=1S/C11H15N3O/c1-10(2,7-12)13-9(15)11-6-8(11)4-5-14(11)3/h4H,5-6H2,1-3H3,(H,13,15). The Kier molecular flexibility index (Phi) is 1.92. The van der Waals surface area contributed by atoms with Gasteiger partial charge in [0.15, 0.2) is 0 Å². The number of nitriles is 1. The molecule has 1 heterocycles. The van der Waals surface area contributed by atoms with Crippen LogP contribution in [0.3, 0.4) is 0 Å². The molecule has 1 unspecified atom stereocenters. The van der Waals surface area contributed by atoms with Crippen LogP contribution in [0.4, 0.5) is 0 Å². The van der Waals surface area contributed by atoms with Crippen molar-refractivity contribution in [2.75, 3.05) is 13.6 Å². The molecular formula is C11H15N3O. The van der Waals surface area contributed by atoms with Gasteiger partial charge >= 0.3 is 0 Å². The van der Waals surface area contributed by atoms with Crippen molar-refractivity contribution in [2.24, 2.45) is 0 Å². The number of hydrogen-bond donors (Lipinski definition) is 1. The van der Waals surface area contributed by atoms with Crippen LogP contribution in [0, 0.1) is 11.3 Å². The third-order valence-electron chi connectivity index (χ3n) is 3.20. The van der Waals surface area contributed by atoms with Gasteiger partial charge in [0.2, 0.25) is 5.91 Å². The van der Waals surface area contributed by atoms with Crippen molar-refractivity contribution < 1.29 is 4.79 Å². The van der Waals surface area contributed by atoms with E-state index in [-0.39, 0.29) is 5.91 Å². The normalized spacial score (nSPS) is 29.1. The second-order valence-corrected chi connectivity index (χ2v) is 4.84. The fraction of sp³-hybridized carbons (Fsp3) is 0.636. The van der Waals surface area contributed by atoms with Crippen molar-refractivity contribution in [3.05, 3.63) is 11.6 Å². The molecule has 1 atom stereocenters. The minimum absolute atomic E-state index is 0.0414. The first kappa shape index (κ1) is 10.2. The summed E-state index contributed by atoms with van der Waals surface area (Å²) >= 11 is 0. The van der Waals surface area contributed by atoms with Gasteiger partial charge in [-0.05, 0) is 26.5 Å². The number of fused-ring (bicyclic) bond motifs is 1. The number of rotatable bonds is 2. The molecule has 0 aromatic carbocycles. The van der Waals surface area contributed by atoms with Crippen LogP contribution in [0.2, 0.25) is 0 Å². The maximum absolute atomic E-state index is 12.0. The van der Waals surface area contributed by atoms with E-state index in [1.165, 1.54) is 5.57 Å². The lowest BCUT2D eigenvalue weighted by Crippen LogP contribution is -2.52. The van der Waals surface area contributed by atoms with Gasteiger partial charge in [-0.25, -0.2) is 0 Å². The highest BCUT2D eigenvalue weighted by molar-refractivity contribution is 5.97. The van der Waals surface area contributed by atoms with Crippen LogP contribution in [0.15, 0.2) is 11.6 Å². The lowest BCUT2D eigenvalue weighted by Gasteiger charge is -2.26. The predicted molar refractivity (Wildman–Crippen MR) is 55.9 cm³/mol. The number of carbonyl (C=O) groups excluding carboxylic acids is 1. The summed E-state index contributed by atoms with van der Waals surface area (Å²) in [6, 6.07) is 2.08. The summed E-state index contributed by atoms with van der Waals surface area (Å²) in [5.41, 5.74) is -0.0203. The van der Waals surface area contributed by atoms with Crippen LogP contribution in [-0.2, 0) is 4.79 Å². The van der Waals surface area contributed by atoms with Crippen LogP contribution in [-0.4, -0.2) is 35.5 Å².